The minimum absolute atomic E-state index is 0.102. The first kappa shape index (κ1) is 22.1. The van der Waals surface area contributed by atoms with E-state index in [1.54, 1.807) is 26.4 Å². The normalized spacial score (nSPS) is 10.6. The predicted molar refractivity (Wildman–Crippen MR) is 116 cm³/mol. The molecular formula is C23H27N3O5. The lowest BCUT2D eigenvalue weighted by Gasteiger charge is -2.10. The Labute approximate surface area is 181 Å². The molecule has 31 heavy (non-hydrogen) atoms. The Morgan fingerprint density at radius 2 is 1.81 bits per heavy atom. The summed E-state index contributed by atoms with van der Waals surface area (Å²) in [5.41, 5.74) is 3.00. The maximum atomic E-state index is 12.1. The summed E-state index contributed by atoms with van der Waals surface area (Å²) in [5, 5.41) is 6.82. The van der Waals surface area contributed by atoms with E-state index in [2.05, 4.69) is 21.5 Å². The van der Waals surface area contributed by atoms with Gasteiger partial charge in [0.25, 0.3) is 0 Å². The van der Waals surface area contributed by atoms with Gasteiger partial charge in [0.2, 0.25) is 17.6 Å². The molecule has 0 aliphatic rings. The highest BCUT2D eigenvalue weighted by Crippen LogP contribution is 2.31. The summed E-state index contributed by atoms with van der Waals surface area (Å²) in [6.45, 7) is 4.87. The molecule has 0 saturated heterocycles. The predicted octanol–water partition coefficient (Wildman–Crippen LogP) is 3.50. The fourth-order valence-corrected chi connectivity index (χ4v) is 3.07. The molecule has 0 fully saturated rings. The van der Waals surface area contributed by atoms with Crippen LogP contribution < -0.4 is 19.5 Å². The average molecular weight is 425 g/mol. The molecule has 8 heteroatoms. The molecule has 1 amide bonds. The van der Waals surface area contributed by atoms with Crippen molar-refractivity contribution >= 4 is 5.91 Å². The van der Waals surface area contributed by atoms with Crippen molar-refractivity contribution in [2.45, 2.75) is 26.7 Å². The number of methoxy groups -OCH3 is 2. The Kier molecular flexibility index (Phi) is 7.48. The molecule has 8 nitrogen and oxygen atoms in total. The lowest BCUT2D eigenvalue weighted by molar-refractivity contribution is -0.121. The maximum Gasteiger partial charge on any atom is 0.227 e. The molecule has 3 aromatic rings. The number of carbonyl (C=O) groups excluding carboxylic acids is 1. The van der Waals surface area contributed by atoms with Gasteiger partial charge >= 0.3 is 0 Å². The summed E-state index contributed by atoms with van der Waals surface area (Å²) in [6, 6.07) is 11.4. The van der Waals surface area contributed by atoms with Crippen molar-refractivity contribution in [1.82, 2.24) is 15.5 Å². The van der Waals surface area contributed by atoms with Crippen LogP contribution in [0, 0.1) is 13.8 Å². The van der Waals surface area contributed by atoms with Gasteiger partial charge in [0.05, 0.1) is 20.8 Å². The van der Waals surface area contributed by atoms with E-state index in [1.165, 1.54) is 5.56 Å². The van der Waals surface area contributed by atoms with Crippen LogP contribution in [0.1, 0.15) is 23.4 Å². The molecule has 0 unspecified atom stereocenters. The van der Waals surface area contributed by atoms with Crippen LogP contribution in [0.25, 0.3) is 11.4 Å². The number of hydrogen-bond donors (Lipinski definition) is 1. The highest BCUT2D eigenvalue weighted by atomic mass is 16.5. The number of rotatable bonds is 10. The highest BCUT2D eigenvalue weighted by molar-refractivity contribution is 5.76. The Morgan fingerprint density at radius 1 is 1.03 bits per heavy atom. The summed E-state index contributed by atoms with van der Waals surface area (Å²) in [5.74, 6) is 2.75. The number of hydrogen-bond acceptors (Lipinski definition) is 7. The third-order valence-electron chi connectivity index (χ3n) is 4.69. The number of amides is 1. The van der Waals surface area contributed by atoms with E-state index in [1.807, 2.05) is 32.0 Å². The van der Waals surface area contributed by atoms with Crippen LogP contribution in [0.4, 0.5) is 0 Å². The van der Waals surface area contributed by atoms with Crippen molar-refractivity contribution in [2.75, 3.05) is 27.4 Å². The van der Waals surface area contributed by atoms with Gasteiger partial charge in [-0.25, -0.2) is 0 Å². The van der Waals surface area contributed by atoms with E-state index in [9.17, 15) is 4.79 Å². The van der Waals surface area contributed by atoms with Crippen LogP contribution >= 0.6 is 0 Å². The molecule has 0 spiro atoms. The zero-order valence-electron chi connectivity index (χ0n) is 18.2. The molecule has 2 aromatic carbocycles. The van der Waals surface area contributed by atoms with Crippen LogP contribution in [0.5, 0.6) is 17.2 Å². The van der Waals surface area contributed by atoms with Gasteiger partial charge in [-0.3, -0.25) is 4.79 Å². The third kappa shape index (κ3) is 5.97. The number of benzene rings is 2. The van der Waals surface area contributed by atoms with Crippen LogP contribution in [-0.2, 0) is 11.2 Å². The zero-order valence-corrected chi connectivity index (χ0v) is 18.2. The van der Waals surface area contributed by atoms with Crippen molar-refractivity contribution in [3.8, 4) is 28.6 Å². The average Bonchev–Trinajstić information content (AvgIpc) is 3.25. The molecule has 0 saturated carbocycles. The van der Waals surface area contributed by atoms with Gasteiger partial charge in [-0.2, -0.15) is 4.98 Å². The van der Waals surface area contributed by atoms with Gasteiger partial charge in [0.15, 0.2) is 11.5 Å². The van der Waals surface area contributed by atoms with Crippen LogP contribution in [0.15, 0.2) is 40.9 Å². The fraction of sp³-hybridized carbons (Fsp3) is 0.348. The highest BCUT2D eigenvalue weighted by Gasteiger charge is 2.13. The van der Waals surface area contributed by atoms with Gasteiger partial charge in [-0.1, -0.05) is 22.9 Å². The summed E-state index contributed by atoms with van der Waals surface area (Å²) >= 11 is 0. The molecule has 0 radical (unpaired) electrons. The van der Waals surface area contributed by atoms with Crippen molar-refractivity contribution in [1.29, 1.82) is 0 Å². The number of nitrogens with one attached hydrogen (secondary N) is 1. The van der Waals surface area contributed by atoms with E-state index in [0.717, 1.165) is 16.9 Å². The minimum atomic E-state index is -0.102. The van der Waals surface area contributed by atoms with E-state index in [0.29, 0.717) is 42.8 Å². The van der Waals surface area contributed by atoms with E-state index >= 15 is 0 Å². The lowest BCUT2D eigenvalue weighted by atomic mass is 10.1. The van der Waals surface area contributed by atoms with Gasteiger partial charge < -0.3 is 24.1 Å². The molecule has 3 rings (SSSR count). The molecular weight excluding hydrogens is 398 g/mol. The molecule has 1 N–H and O–H groups in total. The first-order valence-corrected chi connectivity index (χ1v) is 10.0. The molecule has 1 aromatic heterocycles. The van der Waals surface area contributed by atoms with Crippen molar-refractivity contribution < 1.29 is 23.5 Å². The molecule has 0 atom stereocenters. The number of nitrogens with zero attached hydrogens (tertiary/aromatic N) is 2. The summed E-state index contributed by atoms with van der Waals surface area (Å²) in [6.07, 6.45) is 0.598. The van der Waals surface area contributed by atoms with E-state index < -0.39 is 0 Å². The monoisotopic (exact) mass is 425 g/mol. The smallest absolute Gasteiger partial charge is 0.227 e. The third-order valence-corrected chi connectivity index (χ3v) is 4.69. The van der Waals surface area contributed by atoms with Crippen LogP contribution in [0.3, 0.4) is 0 Å². The quantitative estimate of drug-likeness (QED) is 0.497. The second-order valence-electron chi connectivity index (χ2n) is 7.05. The summed E-state index contributed by atoms with van der Waals surface area (Å²) in [7, 11) is 3.14. The number of carbonyl (C=O) groups is 1. The Hall–Kier alpha value is -3.55. The van der Waals surface area contributed by atoms with Crippen molar-refractivity contribution in [3.63, 3.8) is 0 Å². The number of ether oxygens (including phenoxy) is 3. The van der Waals surface area contributed by atoms with Crippen molar-refractivity contribution in [3.05, 3.63) is 53.4 Å². The van der Waals surface area contributed by atoms with Gasteiger partial charge in [0.1, 0.15) is 12.4 Å². The van der Waals surface area contributed by atoms with Gasteiger partial charge in [-0.05, 0) is 43.7 Å². The molecule has 0 bridgehead atoms. The van der Waals surface area contributed by atoms with E-state index in [-0.39, 0.29) is 12.3 Å². The maximum absolute atomic E-state index is 12.1. The molecule has 0 aliphatic carbocycles. The fourth-order valence-electron chi connectivity index (χ4n) is 3.07. The number of aryl methyl sites for hydroxylation is 3. The zero-order chi connectivity index (χ0) is 22.2. The van der Waals surface area contributed by atoms with Gasteiger partial charge in [-0.15, -0.1) is 0 Å². The van der Waals surface area contributed by atoms with E-state index in [4.69, 9.17) is 18.7 Å². The Balaban J connectivity index is 1.44. The van der Waals surface area contributed by atoms with Crippen LogP contribution in [0.2, 0.25) is 0 Å². The Bertz CT molecular complexity index is 1030. The SMILES string of the molecule is COc1ccc(-c2noc(CCC(=O)NCCOc3ccc(C)cc3C)n2)cc1OC. The largest absolute Gasteiger partial charge is 0.493 e. The first-order valence-electron chi connectivity index (χ1n) is 10.0. The Morgan fingerprint density at radius 3 is 2.55 bits per heavy atom. The molecule has 164 valence electrons. The standard InChI is InChI=1S/C23H27N3O5/c1-15-5-7-18(16(2)13-15)30-12-11-24-21(27)9-10-22-25-23(26-31-22)17-6-8-19(28-3)20(14-17)29-4/h5-8,13-14H,9-12H2,1-4H3,(H,24,27). The number of aromatic nitrogens is 2. The van der Waals surface area contributed by atoms with Gasteiger partial charge in [0, 0.05) is 18.4 Å². The van der Waals surface area contributed by atoms with Crippen molar-refractivity contribution in [2.24, 2.45) is 0 Å². The van der Waals surface area contributed by atoms with Crippen LogP contribution in [-0.4, -0.2) is 43.4 Å². The molecule has 1 heterocycles. The summed E-state index contributed by atoms with van der Waals surface area (Å²) < 4.78 is 21.5. The molecule has 0 aliphatic heterocycles. The minimum Gasteiger partial charge on any atom is -0.493 e. The second kappa shape index (κ2) is 10.5. The topological polar surface area (TPSA) is 95.7 Å². The lowest BCUT2D eigenvalue weighted by Crippen LogP contribution is -2.28. The second-order valence-corrected chi connectivity index (χ2v) is 7.05. The first-order chi connectivity index (χ1) is 15.0. The summed E-state index contributed by atoms with van der Waals surface area (Å²) in [4.78, 5) is 16.4.